The highest BCUT2D eigenvalue weighted by Gasteiger charge is 2.20. The molecule has 0 aliphatic heterocycles. The van der Waals surface area contributed by atoms with Crippen molar-refractivity contribution in [2.24, 2.45) is 0 Å². The van der Waals surface area contributed by atoms with E-state index in [0.717, 1.165) is 0 Å². The first-order valence-electron chi connectivity index (χ1n) is 17.3. The van der Waals surface area contributed by atoms with Crippen LogP contribution in [-0.4, -0.2) is 0 Å². The number of hydrogen-bond donors (Lipinski definition) is 0. The van der Waals surface area contributed by atoms with E-state index in [4.69, 9.17) is 0 Å². The summed E-state index contributed by atoms with van der Waals surface area (Å²) in [4.78, 5) is 0. The van der Waals surface area contributed by atoms with Crippen molar-refractivity contribution in [1.29, 1.82) is 0 Å². The first-order valence-corrected chi connectivity index (χ1v) is 17.3. The molecule has 0 unspecified atom stereocenters. The van der Waals surface area contributed by atoms with Crippen molar-refractivity contribution in [3.63, 3.8) is 0 Å². The van der Waals surface area contributed by atoms with Crippen molar-refractivity contribution < 1.29 is 0 Å². The van der Waals surface area contributed by atoms with Crippen molar-refractivity contribution in [3.8, 4) is 66.8 Å². The van der Waals surface area contributed by atoms with Crippen LogP contribution in [0.25, 0.3) is 88.3 Å². The molecule has 50 heavy (non-hydrogen) atoms. The fourth-order valence-corrected chi connectivity index (χ4v) is 7.61. The van der Waals surface area contributed by atoms with Crippen molar-refractivity contribution in [2.75, 3.05) is 0 Å². The van der Waals surface area contributed by atoms with Gasteiger partial charge in [0.15, 0.2) is 0 Å². The molecular weight excluding hydrogens is 601 g/mol. The van der Waals surface area contributed by atoms with Crippen LogP contribution in [0.5, 0.6) is 0 Å². The zero-order valence-corrected chi connectivity index (χ0v) is 27.6. The molecule has 234 valence electrons. The maximum Gasteiger partial charge on any atom is -0.00199 e. The van der Waals surface area contributed by atoms with Gasteiger partial charge in [-0.05, 0) is 100 Å². The fraction of sp³-hybridized carbons (Fsp3) is 0. The zero-order valence-electron chi connectivity index (χ0n) is 27.6. The average Bonchev–Trinajstić information content (AvgIpc) is 3.21. The molecule has 0 radical (unpaired) electrons. The van der Waals surface area contributed by atoms with Gasteiger partial charge in [0, 0.05) is 0 Å². The Hall–Kier alpha value is -6.50. The van der Waals surface area contributed by atoms with E-state index in [9.17, 15) is 0 Å². The molecule has 0 atom stereocenters. The van der Waals surface area contributed by atoms with E-state index in [1.807, 2.05) is 0 Å². The fourth-order valence-electron chi connectivity index (χ4n) is 7.61. The molecule has 0 aliphatic rings. The second-order valence-electron chi connectivity index (χ2n) is 12.8. The Kier molecular flexibility index (Phi) is 7.61. The first kappa shape index (κ1) is 29.6. The number of rotatable bonds is 6. The first-order chi connectivity index (χ1) is 24.8. The lowest BCUT2D eigenvalue weighted by molar-refractivity contribution is 1.56. The van der Waals surface area contributed by atoms with Gasteiger partial charge < -0.3 is 0 Å². The quantitative estimate of drug-likeness (QED) is 0.160. The molecule has 0 nitrogen and oxygen atoms in total. The average molecular weight is 635 g/mol. The molecule has 0 spiro atoms. The Morgan fingerprint density at radius 2 is 0.580 bits per heavy atom. The lowest BCUT2D eigenvalue weighted by Crippen LogP contribution is -1.94. The lowest BCUT2D eigenvalue weighted by atomic mass is 9.82. The second-order valence-corrected chi connectivity index (χ2v) is 12.8. The molecule has 0 heteroatoms. The van der Waals surface area contributed by atoms with Crippen LogP contribution in [0.2, 0.25) is 0 Å². The molecule has 9 aromatic carbocycles. The molecule has 0 saturated heterocycles. The van der Waals surface area contributed by atoms with E-state index in [2.05, 4.69) is 206 Å². The number of fused-ring (bicyclic) bond motifs is 2. The molecule has 0 aliphatic carbocycles. The van der Waals surface area contributed by atoms with E-state index >= 15 is 0 Å². The third-order valence-electron chi connectivity index (χ3n) is 9.89. The summed E-state index contributed by atoms with van der Waals surface area (Å²) < 4.78 is 0. The summed E-state index contributed by atoms with van der Waals surface area (Å²) in [7, 11) is 0. The van der Waals surface area contributed by atoms with Crippen molar-refractivity contribution in [2.45, 2.75) is 0 Å². The SMILES string of the molecule is c1ccc(-c2cccc(-c3ccc(-c4ccccc4-c4ccccc4)cc3-c3c4ccccc4c(-c4ccccc4)c4ccccc34)c2)cc1. The Labute approximate surface area is 293 Å². The van der Waals surface area contributed by atoms with Crippen LogP contribution in [-0.2, 0) is 0 Å². The van der Waals surface area contributed by atoms with Gasteiger partial charge in [-0.3, -0.25) is 0 Å². The lowest BCUT2D eigenvalue weighted by Gasteiger charge is -2.21. The predicted octanol–water partition coefficient (Wildman–Crippen LogP) is 14.0. The second kappa shape index (κ2) is 12.8. The summed E-state index contributed by atoms with van der Waals surface area (Å²) in [5, 5.41) is 5.01. The highest BCUT2D eigenvalue weighted by molar-refractivity contribution is 6.22. The number of benzene rings is 9. The molecule has 0 aromatic heterocycles. The van der Waals surface area contributed by atoms with E-state index in [1.54, 1.807) is 0 Å². The molecule has 0 amide bonds. The minimum absolute atomic E-state index is 1.20. The predicted molar refractivity (Wildman–Crippen MR) is 214 cm³/mol. The van der Waals surface area contributed by atoms with Gasteiger partial charge >= 0.3 is 0 Å². The van der Waals surface area contributed by atoms with Crippen LogP contribution in [0.15, 0.2) is 206 Å². The van der Waals surface area contributed by atoms with Crippen LogP contribution in [0, 0.1) is 0 Å². The van der Waals surface area contributed by atoms with Gasteiger partial charge in [-0.1, -0.05) is 194 Å². The van der Waals surface area contributed by atoms with Crippen molar-refractivity contribution in [3.05, 3.63) is 206 Å². The summed E-state index contributed by atoms with van der Waals surface area (Å²) in [6.07, 6.45) is 0. The summed E-state index contributed by atoms with van der Waals surface area (Å²) in [6, 6.07) is 75.0. The minimum atomic E-state index is 1.20. The van der Waals surface area contributed by atoms with Gasteiger partial charge in [0.2, 0.25) is 0 Å². The van der Waals surface area contributed by atoms with Gasteiger partial charge in [-0.2, -0.15) is 0 Å². The van der Waals surface area contributed by atoms with Crippen molar-refractivity contribution in [1.82, 2.24) is 0 Å². The zero-order chi connectivity index (χ0) is 33.3. The summed E-state index contributed by atoms with van der Waals surface area (Å²) >= 11 is 0. The Bertz CT molecular complexity index is 2560. The highest BCUT2D eigenvalue weighted by Crippen LogP contribution is 2.47. The van der Waals surface area contributed by atoms with Gasteiger partial charge in [0.25, 0.3) is 0 Å². The van der Waals surface area contributed by atoms with Crippen LogP contribution >= 0.6 is 0 Å². The normalized spacial score (nSPS) is 11.2. The van der Waals surface area contributed by atoms with Crippen LogP contribution in [0.4, 0.5) is 0 Å². The van der Waals surface area contributed by atoms with Crippen LogP contribution < -0.4 is 0 Å². The Morgan fingerprint density at radius 3 is 1.18 bits per heavy atom. The third-order valence-corrected chi connectivity index (χ3v) is 9.89. The van der Waals surface area contributed by atoms with Gasteiger partial charge in [0.1, 0.15) is 0 Å². The molecule has 0 saturated carbocycles. The molecular formula is C50H34. The largest absolute Gasteiger partial charge is 0.0622 e. The van der Waals surface area contributed by atoms with Gasteiger partial charge in [0.05, 0.1) is 0 Å². The standard InChI is InChI=1S/C50H34/c1-4-17-35(18-5-1)38-23-16-24-39(33-38)43-32-31-40(42-26-11-10-25-41(42)36-19-6-2-7-20-36)34-48(43)50-46-29-14-12-27-44(46)49(37-21-8-3-9-22-37)45-28-13-15-30-47(45)50/h1-34H. The van der Waals surface area contributed by atoms with E-state index < -0.39 is 0 Å². The monoisotopic (exact) mass is 634 g/mol. The van der Waals surface area contributed by atoms with E-state index in [1.165, 1.54) is 88.3 Å². The number of hydrogen-bond acceptors (Lipinski definition) is 0. The molecule has 0 N–H and O–H groups in total. The molecule has 9 rings (SSSR count). The van der Waals surface area contributed by atoms with Crippen LogP contribution in [0.1, 0.15) is 0 Å². The third kappa shape index (κ3) is 5.28. The van der Waals surface area contributed by atoms with Crippen molar-refractivity contribution >= 4 is 21.5 Å². The van der Waals surface area contributed by atoms with E-state index in [-0.39, 0.29) is 0 Å². The Balaban J connectivity index is 1.37. The molecule has 0 heterocycles. The van der Waals surface area contributed by atoms with E-state index in [0.29, 0.717) is 0 Å². The summed E-state index contributed by atoms with van der Waals surface area (Å²) in [6.45, 7) is 0. The van der Waals surface area contributed by atoms with Gasteiger partial charge in [-0.15, -0.1) is 0 Å². The van der Waals surface area contributed by atoms with Crippen LogP contribution in [0.3, 0.4) is 0 Å². The van der Waals surface area contributed by atoms with Gasteiger partial charge in [-0.25, -0.2) is 0 Å². The summed E-state index contributed by atoms with van der Waals surface area (Å²) in [5.41, 5.74) is 14.7. The maximum absolute atomic E-state index is 2.43. The topological polar surface area (TPSA) is 0 Å². The smallest absolute Gasteiger partial charge is 0.00199 e. The highest BCUT2D eigenvalue weighted by atomic mass is 14.2. The Morgan fingerprint density at radius 1 is 0.180 bits per heavy atom. The summed E-state index contributed by atoms with van der Waals surface area (Å²) in [5.74, 6) is 0. The maximum atomic E-state index is 2.43. The minimum Gasteiger partial charge on any atom is -0.0622 e. The molecule has 0 fully saturated rings. The molecule has 9 aromatic rings. The molecule has 0 bridgehead atoms.